The zero-order valence-corrected chi connectivity index (χ0v) is 9.14. The molecule has 0 saturated carbocycles. The molecule has 0 fully saturated rings. The molecule has 86 valence electrons. The predicted molar refractivity (Wildman–Crippen MR) is 61.1 cm³/mol. The van der Waals surface area contributed by atoms with Gasteiger partial charge in [-0.3, -0.25) is 4.79 Å². The van der Waals surface area contributed by atoms with Crippen molar-refractivity contribution in [3.05, 3.63) is 53.7 Å². The Morgan fingerprint density at radius 3 is 2.82 bits per heavy atom. The van der Waals surface area contributed by atoms with Crippen LogP contribution in [0.3, 0.4) is 0 Å². The number of carbonyl (C=O) groups is 1. The summed E-state index contributed by atoms with van der Waals surface area (Å²) in [4.78, 5) is 19.5. The van der Waals surface area contributed by atoms with Gasteiger partial charge in [0.05, 0.1) is 0 Å². The van der Waals surface area contributed by atoms with Crippen molar-refractivity contribution >= 4 is 11.7 Å². The molecule has 4 nitrogen and oxygen atoms in total. The van der Waals surface area contributed by atoms with E-state index >= 15 is 0 Å². The molecule has 2 aromatic rings. The van der Waals surface area contributed by atoms with Gasteiger partial charge in [-0.15, -0.1) is 0 Å². The normalized spacial score (nSPS) is 10.0. The molecule has 2 aromatic heterocycles. The molecule has 5 heteroatoms. The number of aromatic nitrogens is 2. The number of pyridine rings is 2. The number of anilines is 1. The van der Waals surface area contributed by atoms with E-state index in [1.54, 1.807) is 25.1 Å². The molecule has 2 rings (SSSR count). The van der Waals surface area contributed by atoms with Crippen LogP contribution in [0.2, 0.25) is 0 Å². The van der Waals surface area contributed by atoms with Crippen molar-refractivity contribution < 1.29 is 9.18 Å². The number of halogens is 1. The number of carbonyl (C=O) groups excluding carboxylic acids is 1. The number of nitrogens with zero attached hydrogens (tertiary/aromatic N) is 2. The van der Waals surface area contributed by atoms with Gasteiger partial charge < -0.3 is 5.32 Å². The van der Waals surface area contributed by atoms with E-state index in [2.05, 4.69) is 15.3 Å². The van der Waals surface area contributed by atoms with E-state index in [9.17, 15) is 9.18 Å². The second-order valence-electron chi connectivity index (χ2n) is 3.45. The molecule has 1 amide bonds. The maximum absolute atomic E-state index is 13.3. The van der Waals surface area contributed by atoms with Crippen molar-refractivity contribution in [2.75, 3.05) is 5.32 Å². The molecule has 0 spiro atoms. The van der Waals surface area contributed by atoms with Gasteiger partial charge in [0.1, 0.15) is 5.82 Å². The van der Waals surface area contributed by atoms with E-state index < -0.39 is 11.7 Å². The summed E-state index contributed by atoms with van der Waals surface area (Å²) < 4.78 is 13.3. The minimum Gasteiger partial charge on any atom is -0.305 e. The number of nitrogens with one attached hydrogen (secondary N) is 1. The highest BCUT2D eigenvalue weighted by atomic mass is 19.1. The summed E-state index contributed by atoms with van der Waals surface area (Å²) >= 11 is 0. The fourth-order valence-electron chi connectivity index (χ4n) is 1.34. The van der Waals surface area contributed by atoms with Crippen LogP contribution < -0.4 is 5.32 Å². The first-order valence-corrected chi connectivity index (χ1v) is 5.02. The largest absolute Gasteiger partial charge is 0.305 e. The summed E-state index contributed by atoms with van der Waals surface area (Å²) in [5.41, 5.74) is 0.528. The summed E-state index contributed by atoms with van der Waals surface area (Å²) in [5, 5.41) is 2.49. The predicted octanol–water partition coefficient (Wildman–Crippen LogP) is 2.18. The molecule has 0 aromatic carbocycles. The number of amides is 1. The Balaban J connectivity index is 2.20. The Morgan fingerprint density at radius 2 is 2.12 bits per heavy atom. The Kier molecular flexibility index (Phi) is 3.09. The van der Waals surface area contributed by atoms with Crippen molar-refractivity contribution in [1.29, 1.82) is 0 Å². The maximum Gasteiger partial charge on any atom is 0.278 e. The first-order chi connectivity index (χ1) is 8.16. The molecule has 0 aliphatic carbocycles. The number of aryl methyl sites for hydroxylation is 1. The van der Waals surface area contributed by atoms with E-state index in [0.717, 1.165) is 5.69 Å². The summed E-state index contributed by atoms with van der Waals surface area (Å²) in [6, 6.07) is 7.80. The molecule has 0 aliphatic rings. The van der Waals surface area contributed by atoms with Gasteiger partial charge in [-0.05, 0) is 31.2 Å². The summed E-state index contributed by atoms with van der Waals surface area (Å²) in [6.45, 7) is 1.80. The summed E-state index contributed by atoms with van der Waals surface area (Å²) in [5.74, 6) is -0.890. The monoisotopic (exact) mass is 231 g/mol. The molecule has 1 N–H and O–H groups in total. The number of hydrogen-bond donors (Lipinski definition) is 1. The molecule has 0 aliphatic heterocycles. The van der Waals surface area contributed by atoms with E-state index in [-0.39, 0.29) is 5.69 Å². The Morgan fingerprint density at radius 1 is 1.29 bits per heavy atom. The fourth-order valence-corrected chi connectivity index (χ4v) is 1.34. The zero-order chi connectivity index (χ0) is 12.3. The smallest absolute Gasteiger partial charge is 0.278 e. The Bertz CT molecular complexity index is 557. The van der Waals surface area contributed by atoms with Crippen molar-refractivity contribution in [2.45, 2.75) is 6.92 Å². The average Bonchev–Trinajstić information content (AvgIpc) is 2.29. The molecule has 0 saturated heterocycles. The van der Waals surface area contributed by atoms with Crippen LogP contribution in [-0.4, -0.2) is 15.9 Å². The second kappa shape index (κ2) is 4.69. The maximum atomic E-state index is 13.3. The lowest BCUT2D eigenvalue weighted by Gasteiger charge is -2.04. The van der Waals surface area contributed by atoms with Gasteiger partial charge in [0.2, 0.25) is 0 Å². The lowest BCUT2D eigenvalue weighted by atomic mass is 10.3. The molecular formula is C12H10FN3O. The van der Waals surface area contributed by atoms with E-state index in [0.29, 0.717) is 5.82 Å². The third-order valence-corrected chi connectivity index (χ3v) is 2.10. The molecular weight excluding hydrogens is 221 g/mol. The van der Waals surface area contributed by atoms with Crippen molar-refractivity contribution in [3.63, 3.8) is 0 Å². The third-order valence-electron chi connectivity index (χ3n) is 2.10. The molecule has 0 radical (unpaired) electrons. The minimum absolute atomic E-state index is 0.240. The van der Waals surface area contributed by atoms with Gasteiger partial charge in [-0.2, -0.15) is 0 Å². The standard InChI is InChI=1S/C12H10FN3O/c1-8-4-2-6-10(15-8)16-12(17)11-9(13)5-3-7-14-11/h2-7H,1H3,(H,15,16,17). The quantitative estimate of drug-likeness (QED) is 0.861. The van der Waals surface area contributed by atoms with Gasteiger partial charge >= 0.3 is 0 Å². The van der Waals surface area contributed by atoms with Gasteiger partial charge in [-0.25, -0.2) is 14.4 Å². The first-order valence-electron chi connectivity index (χ1n) is 5.02. The SMILES string of the molecule is Cc1cccc(NC(=O)c2ncccc2F)n1. The molecule has 0 atom stereocenters. The van der Waals surface area contributed by atoms with Crippen LogP contribution in [0.15, 0.2) is 36.5 Å². The van der Waals surface area contributed by atoms with Gasteiger partial charge in [-0.1, -0.05) is 6.07 Å². The highest BCUT2D eigenvalue weighted by Gasteiger charge is 2.13. The van der Waals surface area contributed by atoms with Gasteiger partial charge in [0.15, 0.2) is 11.5 Å². The third kappa shape index (κ3) is 2.63. The molecule has 17 heavy (non-hydrogen) atoms. The first kappa shape index (κ1) is 11.2. The highest BCUT2D eigenvalue weighted by molar-refractivity contribution is 6.02. The number of rotatable bonds is 2. The van der Waals surface area contributed by atoms with Crippen LogP contribution in [0.25, 0.3) is 0 Å². The molecule has 2 heterocycles. The van der Waals surface area contributed by atoms with Crippen LogP contribution in [-0.2, 0) is 0 Å². The molecule has 0 bridgehead atoms. The molecule has 0 unspecified atom stereocenters. The zero-order valence-electron chi connectivity index (χ0n) is 9.14. The minimum atomic E-state index is -0.655. The average molecular weight is 231 g/mol. The Labute approximate surface area is 97.5 Å². The van der Waals surface area contributed by atoms with E-state index in [4.69, 9.17) is 0 Å². The van der Waals surface area contributed by atoms with Crippen molar-refractivity contribution in [3.8, 4) is 0 Å². The number of hydrogen-bond acceptors (Lipinski definition) is 3. The highest BCUT2D eigenvalue weighted by Crippen LogP contribution is 2.08. The topological polar surface area (TPSA) is 54.9 Å². The van der Waals surface area contributed by atoms with Crippen molar-refractivity contribution in [1.82, 2.24) is 9.97 Å². The van der Waals surface area contributed by atoms with Gasteiger partial charge in [0.25, 0.3) is 5.91 Å². The summed E-state index contributed by atoms with van der Waals surface area (Å²) in [6.07, 6.45) is 1.36. The fraction of sp³-hybridized carbons (Fsp3) is 0.0833. The van der Waals surface area contributed by atoms with Gasteiger partial charge in [0, 0.05) is 11.9 Å². The second-order valence-corrected chi connectivity index (χ2v) is 3.45. The van der Waals surface area contributed by atoms with E-state index in [1.165, 1.54) is 18.3 Å². The summed E-state index contributed by atoms with van der Waals surface area (Å²) in [7, 11) is 0. The van der Waals surface area contributed by atoms with Crippen LogP contribution in [0, 0.1) is 12.7 Å². The van der Waals surface area contributed by atoms with E-state index in [1.807, 2.05) is 0 Å². The van der Waals surface area contributed by atoms with Crippen LogP contribution >= 0.6 is 0 Å². The lowest BCUT2D eigenvalue weighted by molar-refractivity contribution is 0.101. The van der Waals surface area contributed by atoms with Crippen molar-refractivity contribution in [2.24, 2.45) is 0 Å². The Hall–Kier alpha value is -2.30. The van der Waals surface area contributed by atoms with Crippen LogP contribution in [0.4, 0.5) is 10.2 Å². The van der Waals surface area contributed by atoms with Crippen LogP contribution in [0.5, 0.6) is 0 Å². The lowest BCUT2D eigenvalue weighted by Crippen LogP contribution is -2.16. The van der Waals surface area contributed by atoms with Crippen LogP contribution in [0.1, 0.15) is 16.2 Å².